The summed E-state index contributed by atoms with van der Waals surface area (Å²) in [5.74, 6) is 1.05. The van der Waals surface area contributed by atoms with Gasteiger partial charge in [-0.3, -0.25) is 4.79 Å². The van der Waals surface area contributed by atoms with E-state index in [1.54, 1.807) is 42.3 Å². The van der Waals surface area contributed by atoms with E-state index in [1.807, 2.05) is 31.2 Å². The molecule has 194 valence electrons. The number of ether oxygens (including phenoxy) is 1. The van der Waals surface area contributed by atoms with Crippen molar-refractivity contribution in [1.29, 1.82) is 0 Å². The van der Waals surface area contributed by atoms with Crippen molar-refractivity contribution in [1.82, 2.24) is 9.97 Å². The van der Waals surface area contributed by atoms with Crippen molar-refractivity contribution in [3.8, 4) is 5.75 Å². The van der Waals surface area contributed by atoms with Crippen LogP contribution in [0.5, 0.6) is 5.75 Å². The van der Waals surface area contributed by atoms with Gasteiger partial charge in [0, 0.05) is 48.2 Å². The van der Waals surface area contributed by atoms with Crippen molar-refractivity contribution in [3.63, 3.8) is 0 Å². The summed E-state index contributed by atoms with van der Waals surface area (Å²) < 4.78 is 22.0. The molecule has 0 bridgehead atoms. The first-order valence-electron chi connectivity index (χ1n) is 11.7. The number of thiophene rings is 1. The summed E-state index contributed by atoms with van der Waals surface area (Å²) in [5, 5.41) is 2.64. The van der Waals surface area contributed by atoms with Gasteiger partial charge in [-0.1, -0.05) is 47.8 Å². The van der Waals surface area contributed by atoms with E-state index in [0.717, 1.165) is 38.9 Å². The summed E-state index contributed by atoms with van der Waals surface area (Å²) in [4.78, 5) is 24.9. The number of benzene rings is 2. The monoisotopic (exact) mass is 581 g/mol. The molecule has 0 amide bonds. The normalized spacial score (nSPS) is 13.1. The summed E-state index contributed by atoms with van der Waals surface area (Å²) in [6, 6.07) is 16.3. The zero-order chi connectivity index (χ0) is 26.5. The van der Waals surface area contributed by atoms with Gasteiger partial charge in [-0.15, -0.1) is 11.3 Å². The number of hydrogen-bond donors (Lipinski definition) is 2. The summed E-state index contributed by atoms with van der Waals surface area (Å²) in [6.45, 7) is 1.82. The predicted molar refractivity (Wildman–Crippen MR) is 161 cm³/mol. The molecule has 0 saturated heterocycles. The highest BCUT2D eigenvalue weighted by atomic mass is 32.2. The van der Waals surface area contributed by atoms with Crippen LogP contribution in [0.15, 0.2) is 87.0 Å². The number of nitrogens with one attached hydrogen (secondary N) is 2. The van der Waals surface area contributed by atoms with Crippen LogP contribution in [0.4, 0.5) is 10.1 Å². The fourth-order valence-corrected chi connectivity index (χ4v) is 7.18. The summed E-state index contributed by atoms with van der Waals surface area (Å²) in [5.41, 5.74) is 3.06. The molecule has 0 radical (unpaired) electrons. The molecule has 10 heteroatoms. The topological polar surface area (TPSA) is 67.0 Å². The smallest absolute Gasteiger partial charge is 0.255 e. The molecule has 0 atom stereocenters. The second-order valence-corrected chi connectivity index (χ2v) is 12.1. The molecule has 0 unspecified atom stereocenters. The molecular weight excluding hydrogens is 558 g/mol. The van der Waals surface area contributed by atoms with Crippen molar-refractivity contribution in [3.05, 3.63) is 110 Å². The fraction of sp³-hybridized carbons (Fsp3) is 0.143. The van der Waals surface area contributed by atoms with E-state index in [1.165, 1.54) is 45.6 Å². The van der Waals surface area contributed by atoms with Crippen LogP contribution in [0.1, 0.15) is 28.1 Å². The maximum absolute atomic E-state index is 13.1. The Morgan fingerprint density at radius 3 is 2.71 bits per heavy atom. The number of thioether (sulfide) groups is 2. The Hall–Kier alpha value is -2.92. The number of H-pyrrole nitrogens is 1. The second kappa shape index (κ2) is 12.3. The lowest BCUT2D eigenvalue weighted by Gasteiger charge is -2.16. The first-order valence-corrected chi connectivity index (χ1v) is 15.2. The number of methoxy groups -OCH3 is 1. The minimum atomic E-state index is -0.261. The number of hydrogen-bond acceptors (Lipinski definition) is 8. The number of aromatic nitrogens is 2. The number of nitrogens with zero attached hydrogens (tertiary/aromatic N) is 1. The molecule has 4 aromatic rings. The lowest BCUT2D eigenvalue weighted by molar-refractivity contribution is 0.411. The van der Waals surface area contributed by atoms with E-state index in [9.17, 15) is 9.18 Å². The standard InChI is InChI=1S/C28H24FN3O2S4/c1-17-26(25-6-3-5-24(37-25)23-7-4-14-35-23)30-28(31-27(17)33)36-16-18-8-11-20(15-22(18)34-2)32-38-21-12-9-19(29)10-13-21/h4-15,32H,3,16H2,1-2H3,(H,30,31,33). The van der Waals surface area contributed by atoms with Crippen LogP contribution >= 0.6 is 46.8 Å². The predicted octanol–water partition coefficient (Wildman–Crippen LogP) is 8.22. The van der Waals surface area contributed by atoms with Gasteiger partial charge in [0.1, 0.15) is 11.6 Å². The lowest BCUT2D eigenvalue weighted by atomic mass is 10.2. The fourth-order valence-electron chi connectivity index (χ4n) is 3.70. The Balaban J connectivity index is 1.28. The molecule has 5 rings (SSSR count). The van der Waals surface area contributed by atoms with Crippen molar-refractivity contribution in [2.75, 3.05) is 11.8 Å². The minimum absolute atomic E-state index is 0.129. The molecule has 2 aromatic carbocycles. The quantitative estimate of drug-likeness (QED) is 0.117. The molecule has 38 heavy (non-hydrogen) atoms. The molecule has 0 spiro atoms. The number of halogens is 1. The van der Waals surface area contributed by atoms with Gasteiger partial charge in [-0.25, -0.2) is 9.37 Å². The largest absolute Gasteiger partial charge is 0.496 e. The van der Waals surface area contributed by atoms with Gasteiger partial charge in [-0.2, -0.15) is 0 Å². The molecule has 5 nitrogen and oxygen atoms in total. The third-order valence-electron chi connectivity index (χ3n) is 5.71. The average molecular weight is 582 g/mol. The summed E-state index contributed by atoms with van der Waals surface area (Å²) in [7, 11) is 1.63. The molecule has 1 aliphatic heterocycles. The SMILES string of the molecule is COc1cc(NSc2ccc(F)cc2)ccc1CSc1nc(C2=CCC=C(c3cccs3)S2)c(C)c(=O)[nH]1. The van der Waals surface area contributed by atoms with Gasteiger partial charge in [0.2, 0.25) is 0 Å². The van der Waals surface area contributed by atoms with Crippen LogP contribution in [0.2, 0.25) is 0 Å². The Bertz CT molecular complexity index is 1550. The highest BCUT2D eigenvalue weighted by Gasteiger charge is 2.18. The maximum atomic E-state index is 13.1. The van der Waals surface area contributed by atoms with Gasteiger partial charge in [0.15, 0.2) is 5.16 Å². The third kappa shape index (κ3) is 6.37. The van der Waals surface area contributed by atoms with Crippen LogP contribution in [-0.4, -0.2) is 17.1 Å². The summed E-state index contributed by atoms with van der Waals surface area (Å²) in [6.07, 6.45) is 5.15. The number of rotatable bonds is 9. The van der Waals surface area contributed by atoms with Crippen LogP contribution in [-0.2, 0) is 5.75 Å². The third-order valence-corrected chi connectivity index (χ3v) is 9.69. The van der Waals surface area contributed by atoms with Crippen molar-refractivity contribution in [2.24, 2.45) is 0 Å². The van der Waals surface area contributed by atoms with Crippen molar-refractivity contribution >= 4 is 62.3 Å². The van der Waals surface area contributed by atoms with Gasteiger partial charge in [0.25, 0.3) is 5.56 Å². The van der Waals surface area contributed by atoms with Gasteiger partial charge < -0.3 is 14.4 Å². The molecule has 1 aliphatic rings. The average Bonchev–Trinajstić information content (AvgIpc) is 3.49. The zero-order valence-corrected chi connectivity index (χ0v) is 23.9. The molecule has 2 N–H and O–H groups in total. The van der Waals surface area contributed by atoms with Gasteiger partial charge in [-0.05, 0) is 67.1 Å². The number of allylic oxidation sites excluding steroid dienone is 2. The lowest BCUT2D eigenvalue weighted by Crippen LogP contribution is -2.15. The molecule has 0 saturated carbocycles. The highest BCUT2D eigenvalue weighted by Crippen LogP contribution is 2.44. The highest BCUT2D eigenvalue weighted by molar-refractivity contribution is 8.16. The van der Waals surface area contributed by atoms with E-state index in [-0.39, 0.29) is 11.4 Å². The molecular formula is C28H24FN3O2S4. The van der Waals surface area contributed by atoms with E-state index >= 15 is 0 Å². The van der Waals surface area contributed by atoms with Crippen LogP contribution in [0.25, 0.3) is 9.81 Å². The molecule has 2 aromatic heterocycles. The first-order chi connectivity index (χ1) is 18.5. The Morgan fingerprint density at radius 1 is 1.13 bits per heavy atom. The second-order valence-electron chi connectivity index (χ2n) is 8.27. The minimum Gasteiger partial charge on any atom is -0.496 e. The van der Waals surface area contributed by atoms with Crippen LogP contribution in [0, 0.1) is 12.7 Å². The van der Waals surface area contributed by atoms with E-state index in [0.29, 0.717) is 16.5 Å². The van der Waals surface area contributed by atoms with E-state index < -0.39 is 0 Å². The van der Waals surface area contributed by atoms with E-state index in [4.69, 9.17) is 9.72 Å². The Labute approximate surface area is 237 Å². The molecule has 0 aliphatic carbocycles. The van der Waals surface area contributed by atoms with Crippen molar-refractivity contribution < 1.29 is 9.13 Å². The van der Waals surface area contributed by atoms with Gasteiger partial charge >= 0.3 is 0 Å². The van der Waals surface area contributed by atoms with E-state index in [2.05, 4.69) is 33.3 Å². The zero-order valence-electron chi connectivity index (χ0n) is 20.6. The van der Waals surface area contributed by atoms with Crippen molar-refractivity contribution in [2.45, 2.75) is 29.1 Å². The number of anilines is 1. The Morgan fingerprint density at radius 2 is 1.95 bits per heavy atom. The Kier molecular flexibility index (Phi) is 8.63. The molecule has 3 heterocycles. The van der Waals surface area contributed by atoms with Crippen LogP contribution in [0.3, 0.4) is 0 Å². The summed E-state index contributed by atoms with van der Waals surface area (Å²) >= 11 is 6.23. The van der Waals surface area contributed by atoms with Crippen LogP contribution < -0.4 is 15.0 Å². The van der Waals surface area contributed by atoms with Gasteiger partial charge in [0.05, 0.1) is 12.8 Å². The molecule has 0 fully saturated rings. The number of aromatic amines is 1. The maximum Gasteiger partial charge on any atom is 0.255 e. The first kappa shape index (κ1) is 26.7.